The lowest BCUT2D eigenvalue weighted by atomic mass is 10.2. The van der Waals surface area contributed by atoms with Crippen LogP contribution in [0.5, 0.6) is 0 Å². The lowest BCUT2D eigenvalue weighted by Crippen LogP contribution is -2.14. The molecule has 7 heteroatoms. The molecule has 0 unspecified atom stereocenters. The summed E-state index contributed by atoms with van der Waals surface area (Å²) in [6.07, 6.45) is 0. The summed E-state index contributed by atoms with van der Waals surface area (Å²) in [5.74, 6) is 0. The monoisotopic (exact) mass is 348 g/mol. The molecule has 0 bridgehead atoms. The number of anilines is 1. The van der Waals surface area contributed by atoms with Gasteiger partial charge in [0.25, 0.3) is 10.0 Å². The van der Waals surface area contributed by atoms with Crippen LogP contribution in [-0.4, -0.2) is 8.42 Å². The summed E-state index contributed by atoms with van der Waals surface area (Å²) < 4.78 is 27.0. The molecule has 0 heterocycles. The zero-order chi connectivity index (χ0) is 14.9. The van der Waals surface area contributed by atoms with Crippen LogP contribution in [0.3, 0.4) is 0 Å². The van der Waals surface area contributed by atoms with Gasteiger partial charge in [-0.2, -0.15) is 0 Å². The Kier molecular flexibility index (Phi) is 4.49. The Labute approximate surface area is 132 Å². The molecular formula is C13H9Cl3NO2S. The fraction of sp³-hybridized carbons (Fsp3) is 0. The fourth-order valence-corrected chi connectivity index (χ4v) is 3.63. The van der Waals surface area contributed by atoms with E-state index in [-0.39, 0.29) is 20.0 Å². The highest BCUT2D eigenvalue weighted by Gasteiger charge is 2.20. The summed E-state index contributed by atoms with van der Waals surface area (Å²) in [6.45, 7) is 3.75. The molecule has 0 aromatic heterocycles. The molecular weight excluding hydrogens is 341 g/mol. The number of rotatable bonds is 3. The summed E-state index contributed by atoms with van der Waals surface area (Å²) in [5, 5.41) is 0.293. The Balaban J connectivity index is 2.47. The number of hydrogen-bond donors (Lipinski definition) is 1. The van der Waals surface area contributed by atoms with Gasteiger partial charge < -0.3 is 0 Å². The SMILES string of the molecule is [CH2]c1ccccc1NS(=O)(=O)c1cc(Cl)c(Cl)cc1Cl. The number of hydrogen-bond acceptors (Lipinski definition) is 2. The Hall–Kier alpha value is -0.940. The average Bonchev–Trinajstić information content (AvgIpc) is 2.36. The minimum absolute atomic E-state index is 0.00607. The number of halogens is 3. The Morgan fingerprint density at radius 3 is 2.20 bits per heavy atom. The first-order valence-electron chi connectivity index (χ1n) is 5.39. The van der Waals surface area contributed by atoms with Crippen molar-refractivity contribution in [1.82, 2.24) is 0 Å². The van der Waals surface area contributed by atoms with Crippen LogP contribution in [0, 0.1) is 6.92 Å². The Morgan fingerprint density at radius 2 is 1.55 bits per heavy atom. The highest BCUT2D eigenvalue weighted by Crippen LogP contribution is 2.32. The molecule has 0 saturated heterocycles. The first-order chi connectivity index (χ1) is 9.31. The van der Waals surface area contributed by atoms with Crippen LogP contribution in [-0.2, 0) is 10.0 Å². The van der Waals surface area contributed by atoms with E-state index in [4.69, 9.17) is 34.8 Å². The highest BCUT2D eigenvalue weighted by atomic mass is 35.5. The molecule has 0 aliphatic rings. The lowest BCUT2D eigenvalue weighted by molar-refractivity contribution is 0.601. The summed E-state index contributed by atoms with van der Waals surface area (Å²) in [7, 11) is -3.87. The average molecular weight is 350 g/mol. The molecule has 1 radical (unpaired) electrons. The number of benzene rings is 2. The maximum Gasteiger partial charge on any atom is 0.263 e. The molecule has 20 heavy (non-hydrogen) atoms. The van der Waals surface area contributed by atoms with Crippen molar-refractivity contribution < 1.29 is 8.42 Å². The molecule has 2 aromatic rings. The van der Waals surface area contributed by atoms with Gasteiger partial charge in [-0.15, -0.1) is 0 Å². The smallest absolute Gasteiger partial charge is 0.263 e. The number of para-hydroxylation sites is 1. The molecule has 105 valence electrons. The van der Waals surface area contributed by atoms with Crippen molar-refractivity contribution in [3.8, 4) is 0 Å². The van der Waals surface area contributed by atoms with E-state index in [0.29, 0.717) is 11.3 Å². The molecule has 2 rings (SSSR count). The van der Waals surface area contributed by atoms with Crippen LogP contribution in [0.1, 0.15) is 5.56 Å². The van der Waals surface area contributed by atoms with Gasteiger partial charge in [-0.25, -0.2) is 8.42 Å². The highest BCUT2D eigenvalue weighted by molar-refractivity contribution is 7.92. The van der Waals surface area contributed by atoms with Gasteiger partial charge in [-0.1, -0.05) is 53.0 Å². The van der Waals surface area contributed by atoms with Gasteiger partial charge in [0.05, 0.1) is 20.8 Å². The van der Waals surface area contributed by atoms with Gasteiger partial charge in [0.2, 0.25) is 0 Å². The summed E-state index contributed by atoms with van der Waals surface area (Å²) >= 11 is 17.5. The van der Waals surface area contributed by atoms with E-state index in [0.717, 1.165) is 0 Å². The van der Waals surface area contributed by atoms with Crippen LogP contribution < -0.4 is 4.72 Å². The molecule has 0 amide bonds. The van der Waals surface area contributed by atoms with Crippen molar-refractivity contribution in [2.45, 2.75) is 4.90 Å². The predicted molar refractivity (Wildman–Crippen MR) is 83.2 cm³/mol. The largest absolute Gasteiger partial charge is 0.279 e. The van der Waals surface area contributed by atoms with Crippen molar-refractivity contribution in [2.75, 3.05) is 4.72 Å². The molecule has 0 atom stereocenters. The molecule has 0 fully saturated rings. The Bertz CT molecular complexity index is 760. The minimum Gasteiger partial charge on any atom is -0.279 e. The topological polar surface area (TPSA) is 46.2 Å². The van der Waals surface area contributed by atoms with E-state index in [9.17, 15) is 8.42 Å². The third-order valence-corrected chi connectivity index (χ3v) is 5.08. The summed E-state index contributed by atoms with van der Waals surface area (Å²) in [4.78, 5) is -0.142. The molecule has 0 aliphatic heterocycles. The van der Waals surface area contributed by atoms with E-state index < -0.39 is 10.0 Å². The van der Waals surface area contributed by atoms with Crippen LogP contribution in [0.4, 0.5) is 5.69 Å². The number of sulfonamides is 1. The van der Waals surface area contributed by atoms with E-state index in [1.807, 2.05) is 0 Å². The van der Waals surface area contributed by atoms with E-state index in [1.54, 1.807) is 24.3 Å². The van der Waals surface area contributed by atoms with Gasteiger partial charge in [-0.05, 0) is 30.7 Å². The third-order valence-electron chi connectivity index (χ3n) is 2.53. The van der Waals surface area contributed by atoms with Crippen molar-refractivity contribution in [3.63, 3.8) is 0 Å². The van der Waals surface area contributed by atoms with Crippen molar-refractivity contribution in [2.24, 2.45) is 0 Å². The van der Waals surface area contributed by atoms with Gasteiger partial charge in [0, 0.05) is 0 Å². The van der Waals surface area contributed by atoms with Crippen molar-refractivity contribution in [1.29, 1.82) is 0 Å². The second kappa shape index (κ2) is 5.82. The zero-order valence-corrected chi connectivity index (χ0v) is 13.1. The van der Waals surface area contributed by atoms with Gasteiger partial charge >= 0.3 is 0 Å². The van der Waals surface area contributed by atoms with Gasteiger partial charge in [0.15, 0.2) is 0 Å². The first-order valence-corrected chi connectivity index (χ1v) is 8.01. The zero-order valence-electron chi connectivity index (χ0n) is 10.0. The standard InChI is InChI=1S/C13H9Cl3NO2S/c1-8-4-2-3-5-12(8)17-20(18,19)13-7-10(15)9(14)6-11(13)16/h2-7,17H,1H2. The van der Waals surface area contributed by atoms with Crippen molar-refractivity contribution >= 4 is 50.5 Å². The molecule has 0 aliphatic carbocycles. The van der Waals surface area contributed by atoms with Crippen LogP contribution in [0.25, 0.3) is 0 Å². The third kappa shape index (κ3) is 3.20. The lowest BCUT2D eigenvalue weighted by Gasteiger charge is -2.12. The molecule has 1 N–H and O–H groups in total. The van der Waals surface area contributed by atoms with Crippen LogP contribution in [0.15, 0.2) is 41.3 Å². The minimum atomic E-state index is -3.87. The predicted octanol–water partition coefficient (Wildman–Crippen LogP) is 4.63. The van der Waals surface area contributed by atoms with E-state index in [2.05, 4.69) is 11.6 Å². The first kappa shape index (κ1) is 15.4. The molecule has 0 spiro atoms. The number of nitrogens with one attached hydrogen (secondary N) is 1. The van der Waals surface area contributed by atoms with Crippen LogP contribution >= 0.6 is 34.8 Å². The van der Waals surface area contributed by atoms with E-state index in [1.165, 1.54) is 12.1 Å². The van der Waals surface area contributed by atoms with E-state index >= 15 is 0 Å². The fourth-order valence-electron chi connectivity index (χ4n) is 1.53. The molecule has 0 saturated carbocycles. The Morgan fingerprint density at radius 1 is 0.950 bits per heavy atom. The molecule has 2 aromatic carbocycles. The summed E-state index contributed by atoms with van der Waals surface area (Å²) in [6, 6.07) is 9.24. The second-order valence-electron chi connectivity index (χ2n) is 3.96. The van der Waals surface area contributed by atoms with Crippen LogP contribution in [0.2, 0.25) is 15.1 Å². The maximum atomic E-state index is 12.3. The maximum absolute atomic E-state index is 12.3. The molecule has 3 nitrogen and oxygen atoms in total. The van der Waals surface area contributed by atoms with Crippen molar-refractivity contribution in [3.05, 3.63) is 64.0 Å². The second-order valence-corrected chi connectivity index (χ2v) is 6.83. The normalized spacial score (nSPS) is 11.4. The summed E-state index contributed by atoms with van der Waals surface area (Å²) in [5.41, 5.74) is 0.918. The van der Waals surface area contributed by atoms with Gasteiger partial charge in [-0.3, -0.25) is 4.72 Å². The quantitative estimate of drug-likeness (QED) is 0.821. The van der Waals surface area contributed by atoms with Gasteiger partial charge in [0.1, 0.15) is 4.90 Å².